The molecule has 0 radical (unpaired) electrons. The van der Waals surface area contributed by atoms with E-state index in [4.69, 9.17) is 4.74 Å². The Balaban J connectivity index is 1.62. The van der Waals surface area contributed by atoms with Crippen molar-refractivity contribution in [2.24, 2.45) is 11.8 Å². The molecule has 1 fully saturated rings. The summed E-state index contributed by atoms with van der Waals surface area (Å²) in [6, 6.07) is 14.7. The highest BCUT2D eigenvalue weighted by atomic mass is 16.5. The van der Waals surface area contributed by atoms with E-state index in [0.29, 0.717) is 18.0 Å². The van der Waals surface area contributed by atoms with Crippen LogP contribution in [0.5, 0.6) is 5.75 Å². The van der Waals surface area contributed by atoms with Crippen LogP contribution in [0.25, 0.3) is 0 Å². The number of hydrogen-bond acceptors (Lipinski definition) is 3. The third kappa shape index (κ3) is 4.04. The fourth-order valence-corrected chi connectivity index (χ4v) is 3.00. The van der Waals surface area contributed by atoms with Crippen molar-refractivity contribution in [2.45, 2.75) is 19.9 Å². The Morgan fingerprint density at radius 2 is 1.81 bits per heavy atom. The highest BCUT2D eigenvalue weighted by Crippen LogP contribution is 2.38. The SMILES string of the molecule is COc1ccccc1CN(C)C(=O)c1ccc(NC(=O)C2CC2C)cc1. The lowest BCUT2D eigenvalue weighted by Crippen LogP contribution is -2.26. The number of anilines is 1. The summed E-state index contributed by atoms with van der Waals surface area (Å²) in [5.74, 6) is 1.34. The van der Waals surface area contributed by atoms with Crippen molar-refractivity contribution in [2.75, 3.05) is 19.5 Å². The van der Waals surface area contributed by atoms with Gasteiger partial charge in [0.25, 0.3) is 5.91 Å². The van der Waals surface area contributed by atoms with E-state index >= 15 is 0 Å². The van der Waals surface area contributed by atoms with Crippen LogP contribution in [-0.2, 0) is 11.3 Å². The molecule has 0 aromatic heterocycles. The molecule has 2 aromatic carbocycles. The summed E-state index contributed by atoms with van der Waals surface area (Å²) < 4.78 is 5.34. The minimum atomic E-state index is -0.0791. The zero-order valence-corrected chi connectivity index (χ0v) is 15.4. The Bertz CT molecular complexity index is 801. The fraction of sp³-hybridized carbons (Fsp3) is 0.333. The van der Waals surface area contributed by atoms with Crippen molar-refractivity contribution in [3.8, 4) is 5.75 Å². The Hall–Kier alpha value is -2.82. The predicted molar refractivity (Wildman–Crippen MR) is 101 cm³/mol. The number of benzene rings is 2. The van der Waals surface area contributed by atoms with Crippen molar-refractivity contribution in [3.05, 3.63) is 59.7 Å². The summed E-state index contributed by atoms with van der Waals surface area (Å²) in [6.07, 6.45) is 0.955. The van der Waals surface area contributed by atoms with Gasteiger partial charge in [-0.2, -0.15) is 0 Å². The van der Waals surface area contributed by atoms with Crippen LogP contribution in [0.1, 0.15) is 29.3 Å². The third-order valence-corrected chi connectivity index (χ3v) is 4.79. The van der Waals surface area contributed by atoms with Gasteiger partial charge in [-0.05, 0) is 42.7 Å². The molecule has 26 heavy (non-hydrogen) atoms. The van der Waals surface area contributed by atoms with Crippen LogP contribution < -0.4 is 10.1 Å². The minimum Gasteiger partial charge on any atom is -0.496 e. The molecule has 2 amide bonds. The van der Waals surface area contributed by atoms with Crippen LogP contribution in [-0.4, -0.2) is 30.9 Å². The summed E-state index contributed by atoms with van der Waals surface area (Å²) in [6.45, 7) is 2.53. The molecule has 2 aromatic rings. The molecular formula is C21H24N2O3. The number of carbonyl (C=O) groups excluding carboxylic acids is 2. The van der Waals surface area contributed by atoms with Gasteiger partial charge in [-0.15, -0.1) is 0 Å². The lowest BCUT2D eigenvalue weighted by molar-refractivity contribution is -0.117. The molecule has 0 saturated heterocycles. The average Bonchev–Trinajstić information content (AvgIpc) is 3.39. The van der Waals surface area contributed by atoms with Crippen LogP contribution >= 0.6 is 0 Å². The first-order chi connectivity index (χ1) is 12.5. The maximum Gasteiger partial charge on any atom is 0.253 e. The number of rotatable bonds is 6. The third-order valence-electron chi connectivity index (χ3n) is 4.79. The minimum absolute atomic E-state index is 0.0601. The standard InChI is InChI=1S/C21H24N2O3/c1-14-12-18(14)20(24)22-17-10-8-15(9-11-17)21(25)23(2)13-16-6-4-5-7-19(16)26-3/h4-11,14,18H,12-13H2,1-3H3,(H,22,24). The zero-order chi connectivity index (χ0) is 18.7. The predicted octanol–water partition coefficient (Wildman–Crippen LogP) is 3.56. The van der Waals surface area contributed by atoms with Crippen molar-refractivity contribution >= 4 is 17.5 Å². The van der Waals surface area contributed by atoms with Crippen LogP contribution in [0, 0.1) is 11.8 Å². The molecule has 0 bridgehead atoms. The topological polar surface area (TPSA) is 58.6 Å². The number of amides is 2. The number of nitrogens with zero attached hydrogens (tertiary/aromatic N) is 1. The lowest BCUT2D eigenvalue weighted by atomic mass is 10.1. The van der Waals surface area contributed by atoms with Crippen molar-refractivity contribution < 1.29 is 14.3 Å². The molecular weight excluding hydrogens is 328 g/mol. The van der Waals surface area contributed by atoms with Gasteiger partial charge in [0.2, 0.25) is 5.91 Å². The normalized spacial score (nSPS) is 18.1. The number of ether oxygens (including phenoxy) is 1. The van der Waals surface area contributed by atoms with Gasteiger partial charge in [0.05, 0.1) is 7.11 Å². The summed E-state index contributed by atoms with van der Waals surface area (Å²) in [4.78, 5) is 26.3. The van der Waals surface area contributed by atoms with Crippen molar-refractivity contribution in [3.63, 3.8) is 0 Å². The van der Waals surface area contributed by atoms with Gasteiger partial charge in [-0.1, -0.05) is 25.1 Å². The molecule has 2 unspecified atom stereocenters. The Kier molecular flexibility index (Phi) is 5.26. The monoisotopic (exact) mass is 352 g/mol. The molecule has 0 heterocycles. The van der Waals surface area contributed by atoms with Gasteiger partial charge in [-0.25, -0.2) is 0 Å². The Morgan fingerprint density at radius 3 is 2.42 bits per heavy atom. The number of methoxy groups -OCH3 is 1. The average molecular weight is 352 g/mol. The Morgan fingerprint density at radius 1 is 1.15 bits per heavy atom. The number of carbonyl (C=O) groups is 2. The molecule has 1 N–H and O–H groups in total. The van der Waals surface area contributed by atoms with Crippen LogP contribution in [0.2, 0.25) is 0 Å². The molecule has 136 valence electrons. The number of nitrogens with one attached hydrogen (secondary N) is 1. The highest BCUT2D eigenvalue weighted by Gasteiger charge is 2.39. The molecule has 3 rings (SSSR count). The zero-order valence-electron chi connectivity index (χ0n) is 15.4. The fourth-order valence-electron chi connectivity index (χ4n) is 3.00. The van der Waals surface area contributed by atoms with E-state index in [0.717, 1.165) is 23.4 Å². The first-order valence-electron chi connectivity index (χ1n) is 8.78. The van der Waals surface area contributed by atoms with Gasteiger partial charge >= 0.3 is 0 Å². The molecule has 0 aliphatic heterocycles. The molecule has 0 spiro atoms. The molecule has 5 nitrogen and oxygen atoms in total. The van der Waals surface area contributed by atoms with Crippen LogP contribution in [0.3, 0.4) is 0 Å². The number of para-hydroxylation sites is 1. The summed E-state index contributed by atoms with van der Waals surface area (Å²) in [5, 5.41) is 2.90. The van der Waals surface area contributed by atoms with E-state index in [2.05, 4.69) is 12.2 Å². The highest BCUT2D eigenvalue weighted by molar-refractivity contribution is 5.96. The van der Waals surface area contributed by atoms with Gasteiger partial charge < -0.3 is 15.0 Å². The second kappa shape index (κ2) is 7.60. The van der Waals surface area contributed by atoms with Crippen LogP contribution in [0.4, 0.5) is 5.69 Å². The number of hydrogen-bond donors (Lipinski definition) is 1. The first kappa shape index (κ1) is 18.0. The van der Waals surface area contributed by atoms with Gasteiger partial charge in [-0.3, -0.25) is 9.59 Å². The van der Waals surface area contributed by atoms with Gasteiger partial charge in [0, 0.05) is 36.3 Å². The molecule has 5 heteroatoms. The van der Waals surface area contributed by atoms with E-state index in [1.807, 2.05) is 24.3 Å². The summed E-state index contributed by atoms with van der Waals surface area (Å²) in [5.41, 5.74) is 2.26. The molecule has 1 aliphatic rings. The first-order valence-corrected chi connectivity index (χ1v) is 8.78. The molecule has 1 saturated carbocycles. The van der Waals surface area contributed by atoms with E-state index in [-0.39, 0.29) is 17.7 Å². The molecule has 2 atom stereocenters. The van der Waals surface area contributed by atoms with Gasteiger partial charge in [0.15, 0.2) is 0 Å². The lowest BCUT2D eigenvalue weighted by Gasteiger charge is -2.19. The van der Waals surface area contributed by atoms with E-state index < -0.39 is 0 Å². The molecule has 1 aliphatic carbocycles. The van der Waals surface area contributed by atoms with E-state index in [1.165, 1.54) is 0 Å². The van der Waals surface area contributed by atoms with Crippen LogP contribution in [0.15, 0.2) is 48.5 Å². The van der Waals surface area contributed by atoms with E-state index in [9.17, 15) is 9.59 Å². The summed E-state index contributed by atoms with van der Waals surface area (Å²) >= 11 is 0. The second-order valence-corrected chi connectivity index (χ2v) is 6.86. The maximum absolute atomic E-state index is 12.6. The largest absolute Gasteiger partial charge is 0.496 e. The second-order valence-electron chi connectivity index (χ2n) is 6.86. The van der Waals surface area contributed by atoms with Crippen molar-refractivity contribution in [1.82, 2.24) is 4.90 Å². The quantitative estimate of drug-likeness (QED) is 0.865. The van der Waals surface area contributed by atoms with Crippen molar-refractivity contribution in [1.29, 1.82) is 0 Å². The summed E-state index contributed by atoms with van der Waals surface area (Å²) in [7, 11) is 3.38. The van der Waals surface area contributed by atoms with E-state index in [1.54, 1.807) is 43.3 Å². The van der Waals surface area contributed by atoms with Gasteiger partial charge in [0.1, 0.15) is 5.75 Å². The Labute approximate surface area is 154 Å². The smallest absolute Gasteiger partial charge is 0.253 e. The maximum atomic E-state index is 12.6.